The Kier molecular flexibility index (Phi) is 5.75. The van der Waals surface area contributed by atoms with Gasteiger partial charge in [0.1, 0.15) is 0 Å². The number of Topliss-reactive ketones (excluding diaryl/α,β-unsaturated/α-hetero) is 1. The molecule has 0 spiro atoms. The van der Waals surface area contributed by atoms with Crippen LogP contribution in [0.3, 0.4) is 0 Å². The molecule has 28 heavy (non-hydrogen) atoms. The van der Waals surface area contributed by atoms with Gasteiger partial charge in [-0.3, -0.25) is 4.79 Å². The number of hydrogen-bond acceptors (Lipinski definition) is 8. The molecule has 0 amide bonds. The van der Waals surface area contributed by atoms with E-state index in [-0.39, 0.29) is 22.8 Å². The molecule has 0 aliphatic carbocycles. The highest BCUT2D eigenvalue weighted by atomic mass is 32.2. The standard InChI is InChI=1S/C17H13N5O5S/c1-27-22(26)14-8-2-11(3-9-14)15(23)10-28-17-18-19-20-21(17)13-6-4-12(5-7-13)16(24)25/h2-9H,10H2,1H3/p+1. The van der Waals surface area contributed by atoms with Crippen LogP contribution in [0.2, 0.25) is 0 Å². The van der Waals surface area contributed by atoms with Crippen molar-refractivity contribution in [1.29, 1.82) is 0 Å². The van der Waals surface area contributed by atoms with Crippen molar-refractivity contribution < 1.29 is 24.5 Å². The van der Waals surface area contributed by atoms with Crippen LogP contribution in [0.15, 0.2) is 53.7 Å². The summed E-state index contributed by atoms with van der Waals surface area (Å²) in [5.41, 5.74) is 1.44. The van der Waals surface area contributed by atoms with Gasteiger partial charge in [0.2, 0.25) is 5.16 Å². The molecule has 3 rings (SSSR count). The fourth-order valence-electron chi connectivity index (χ4n) is 2.26. The number of rotatable bonds is 8. The summed E-state index contributed by atoms with van der Waals surface area (Å²) in [4.78, 5) is 39.5. The molecule has 1 N–H and O–H groups in total. The Morgan fingerprint density at radius 1 is 1.11 bits per heavy atom. The van der Waals surface area contributed by atoms with Gasteiger partial charge in [0.25, 0.3) is 4.92 Å². The lowest BCUT2D eigenvalue weighted by Gasteiger charge is -2.04. The largest absolute Gasteiger partial charge is 0.478 e. The third-order valence-corrected chi connectivity index (χ3v) is 4.62. The summed E-state index contributed by atoms with van der Waals surface area (Å²) < 4.78 is 1.42. The maximum atomic E-state index is 12.4. The second-order valence-corrected chi connectivity index (χ2v) is 6.37. The second kappa shape index (κ2) is 8.39. The van der Waals surface area contributed by atoms with E-state index in [0.717, 1.165) is 11.8 Å². The van der Waals surface area contributed by atoms with E-state index in [4.69, 9.17) is 5.11 Å². The quantitative estimate of drug-likeness (QED) is 0.344. The topological polar surface area (TPSA) is 127 Å². The van der Waals surface area contributed by atoms with Crippen molar-refractivity contribution in [1.82, 2.24) is 20.2 Å². The first-order valence-corrected chi connectivity index (χ1v) is 8.87. The predicted molar refractivity (Wildman–Crippen MR) is 97.9 cm³/mol. The summed E-state index contributed by atoms with van der Waals surface area (Å²) in [7, 11) is 1.25. The monoisotopic (exact) mass is 400 g/mol. The van der Waals surface area contributed by atoms with Crippen LogP contribution in [0.1, 0.15) is 20.7 Å². The van der Waals surface area contributed by atoms with Crippen molar-refractivity contribution in [3.8, 4) is 5.69 Å². The number of benzene rings is 2. The van der Waals surface area contributed by atoms with Gasteiger partial charge in [0.05, 0.1) is 21.9 Å². The summed E-state index contributed by atoms with van der Waals surface area (Å²) in [6.45, 7) is 0. The lowest BCUT2D eigenvalue weighted by Crippen LogP contribution is -2.06. The SMILES string of the molecule is CO[N+](=O)c1ccc(C(=O)CSc2nnnn2-c2ccc(C(=O)O)cc2)cc1. The van der Waals surface area contributed by atoms with E-state index in [9.17, 15) is 14.5 Å². The molecule has 1 aromatic heterocycles. The number of nitrogens with zero attached hydrogens (tertiary/aromatic N) is 5. The number of hydrogen-bond donors (Lipinski definition) is 1. The summed E-state index contributed by atoms with van der Waals surface area (Å²) >= 11 is 1.14. The molecule has 0 unspecified atom stereocenters. The molecule has 2 aromatic carbocycles. The van der Waals surface area contributed by atoms with Crippen LogP contribution in [0, 0.1) is 4.91 Å². The van der Waals surface area contributed by atoms with Crippen LogP contribution in [-0.4, -0.2) is 54.9 Å². The zero-order valence-corrected chi connectivity index (χ0v) is 15.4. The molecular formula is C17H14N5O5S+. The van der Waals surface area contributed by atoms with Crippen LogP contribution in [0.4, 0.5) is 5.69 Å². The summed E-state index contributed by atoms with van der Waals surface area (Å²) in [6, 6.07) is 12.1. The van der Waals surface area contributed by atoms with Gasteiger partial charge < -0.3 is 5.11 Å². The van der Waals surface area contributed by atoms with Crippen molar-refractivity contribution in [2.24, 2.45) is 0 Å². The molecule has 0 atom stereocenters. The molecule has 0 fully saturated rings. The highest BCUT2D eigenvalue weighted by Crippen LogP contribution is 2.21. The summed E-state index contributed by atoms with van der Waals surface area (Å²) in [5, 5.41) is 20.7. The van der Waals surface area contributed by atoms with Crippen molar-refractivity contribution >= 4 is 29.2 Å². The van der Waals surface area contributed by atoms with Gasteiger partial charge in [-0.25, -0.2) is 9.63 Å². The van der Waals surface area contributed by atoms with E-state index in [1.165, 1.54) is 48.2 Å². The third kappa shape index (κ3) is 4.20. The van der Waals surface area contributed by atoms with E-state index >= 15 is 0 Å². The number of carboxylic acid groups (broad SMARTS) is 1. The van der Waals surface area contributed by atoms with Gasteiger partial charge >= 0.3 is 11.7 Å². The molecule has 0 aliphatic rings. The third-order valence-electron chi connectivity index (χ3n) is 3.70. The first-order chi connectivity index (χ1) is 13.5. The lowest BCUT2D eigenvalue weighted by molar-refractivity contribution is -0.736. The Bertz CT molecular complexity index is 1020. The Morgan fingerprint density at radius 2 is 1.75 bits per heavy atom. The average molecular weight is 400 g/mol. The number of tetrazole rings is 1. The average Bonchev–Trinajstić information content (AvgIpc) is 3.20. The van der Waals surface area contributed by atoms with Crippen LogP contribution in [0.5, 0.6) is 0 Å². The first kappa shape index (κ1) is 19.2. The predicted octanol–water partition coefficient (Wildman–Crippen LogP) is 2.31. The highest BCUT2D eigenvalue weighted by molar-refractivity contribution is 7.99. The van der Waals surface area contributed by atoms with Gasteiger partial charge in [0.15, 0.2) is 12.9 Å². The molecule has 0 saturated heterocycles. The lowest BCUT2D eigenvalue weighted by atomic mass is 10.1. The summed E-state index contributed by atoms with van der Waals surface area (Å²) in [6.07, 6.45) is 0. The molecule has 0 aliphatic heterocycles. The highest BCUT2D eigenvalue weighted by Gasteiger charge is 2.17. The number of carboxylic acids is 1. The smallest absolute Gasteiger partial charge is 0.335 e. The minimum atomic E-state index is -1.03. The van der Waals surface area contributed by atoms with Crippen LogP contribution in [0.25, 0.3) is 5.69 Å². The van der Waals surface area contributed by atoms with E-state index < -0.39 is 5.97 Å². The number of carbonyl (C=O) groups is 2. The normalized spacial score (nSPS) is 10.5. The van der Waals surface area contributed by atoms with Gasteiger partial charge in [-0.2, -0.15) is 4.68 Å². The number of thioether (sulfide) groups is 1. The zero-order valence-electron chi connectivity index (χ0n) is 14.6. The Morgan fingerprint density at radius 3 is 2.36 bits per heavy atom. The minimum absolute atomic E-state index is 0.0816. The number of aromatic nitrogens is 4. The molecule has 142 valence electrons. The van der Waals surface area contributed by atoms with Crippen LogP contribution in [-0.2, 0) is 4.84 Å². The number of carbonyl (C=O) groups excluding carboxylic acids is 1. The van der Waals surface area contributed by atoms with Crippen molar-refractivity contribution in [3.63, 3.8) is 0 Å². The van der Waals surface area contributed by atoms with E-state index in [2.05, 4.69) is 20.4 Å². The second-order valence-electron chi connectivity index (χ2n) is 5.42. The van der Waals surface area contributed by atoms with Gasteiger partial charge in [0, 0.05) is 17.7 Å². The van der Waals surface area contributed by atoms with Crippen molar-refractivity contribution in [3.05, 3.63) is 64.6 Å². The van der Waals surface area contributed by atoms with Crippen molar-refractivity contribution in [2.45, 2.75) is 5.16 Å². The van der Waals surface area contributed by atoms with Gasteiger partial charge in [-0.1, -0.05) is 11.8 Å². The van der Waals surface area contributed by atoms with E-state index in [1.54, 1.807) is 12.1 Å². The summed E-state index contributed by atoms with van der Waals surface area (Å²) in [5.74, 6) is -1.11. The van der Waals surface area contributed by atoms with Crippen molar-refractivity contribution in [2.75, 3.05) is 12.9 Å². The van der Waals surface area contributed by atoms with E-state index in [1.807, 2.05) is 0 Å². The molecule has 0 bridgehead atoms. The van der Waals surface area contributed by atoms with Crippen LogP contribution < -0.4 is 0 Å². The first-order valence-electron chi connectivity index (χ1n) is 7.89. The Balaban J connectivity index is 1.68. The fourth-order valence-corrected chi connectivity index (χ4v) is 3.05. The van der Waals surface area contributed by atoms with Crippen LogP contribution >= 0.6 is 11.8 Å². The molecule has 3 aromatic rings. The minimum Gasteiger partial charge on any atom is -0.478 e. The fraction of sp³-hybridized carbons (Fsp3) is 0.118. The number of aromatic carboxylic acids is 1. The maximum Gasteiger partial charge on any atom is 0.335 e. The van der Waals surface area contributed by atoms with Gasteiger partial charge in [-0.15, -0.1) is 5.10 Å². The number of ketones is 1. The Labute approximate surface area is 162 Å². The molecule has 1 heterocycles. The molecule has 0 radical (unpaired) electrons. The molecule has 0 saturated carbocycles. The zero-order chi connectivity index (χ0) is 20.1. The van der Waals surface area contributed by atoms with E-state index in [0.29, 0.717) is 21.3 Å². The molecular weight excluding hydrogens is 386 g/mol. The maximum absolute atomic E-state index is 12.4. The molecule has 11 heteroatoms. The molecule has 10 nitrogen and oxygen atoms in total. The Hall–Kier alpha value is -3.60. The van der Waals surface area contributed by atoms with Gasteiger partial charge in [-0.05, 0) is 46.8 Å².